The second-order valence-electron chi connectivity index (χ2n) is 7.65. The molecule has 0 amide bonds. The van der Waals surface area contributed by atoms with Gasteiger partial charge in [0.15, 0.2) is 0 Å². The van der Waals surface area contributed by atoms with Crippen LogP contribution < -0.4 is 0 Å². The Hall–Kier alpha value is -0.0394. The molecule has 0 aromatic heterocycles. The number of hydrogen-bond acceptors (Lipinski definition) is 1. The van der Waals surface area contributed by atoms with E-state index in [0.717, 1.165) is 0 Å². The molecule has 0 saturated carbocycles. The van der Waals surface area contributed by atoms with E-state index in [4.69, 9.17) is 5.53 Å². The smallest absolute Gasteiger partial charge is 0.0524 e. The predicted octanol–water partition coefficient (Wildman–Crippen LogP) is 4.67. The van der Waals surface area contributed by atoms with Crippen LogP contribution in [0.15, 0.2) is 5.11 Å². The summed E-state index contributed by atoms with van der Waals surface area (Å²) in [5.41, 5.74) is 9.02. The van der Waals surface area contributed by atoms with Gasteiger partial charge in [0.1, 0.15) is 0 Å². The Morgan fingerprint density at radius 3 is 1.06 bits per heavy atom. The van der Waals surface area contributed by atoms with E-state index in [0.29, 0.717) is 0 Å². The van der Waals surface area contributed by atoms with Gasteiger partial charge in [-0.2, -0.15) is 0 Å². The van der Waals surface area contributed by atoms with Gasteiger partial charge in [0.25, 0.3) is 0 Å². The van der Waals surface area contributed by atoms with Gasteiger partial charge in [-0.15, -0.1) is 0 Å². The van der Waals surface area contributed by atoms with Crippen LogP contribution >= 0.6 is 0 Å². The number of hydrogen-bond donors (Lipinski definition) is 0. The third-order valence-corrected chi connectivity index (χ3v) is 23.8. The van der Waals surface area contributed by atoms with Crippen LogP contribution in [0.25, 0.3) is 10.4 Å². The van der Waals surface area contributed by atoms with Crippen molar-refractivity contribution < 1.29 is 0 Å². The zero-order valence-electron chi connectivity index (χ0n) is 12.3. The van der Waals surface area contributed by atoms with E-state index in [2.05, 4.69) is 68.9 Å². The zero-order valence-corrected chi connectivity index (χ0v) is 15.3. The average Bonchev–Trinajstić information content (AvgIpc) is 1.91. The predicted molar refractivity (Wildman–Crippen MR) is 81.9 cm³/mol. The fourth-order valence-corrected chi connectivity index (χ4v) is 31.9. The van der Waals surface area contributed by atoms with Gasteiger partial charge < -0.3 is 0 Å². The van der Waals surface area contributed by atoms with Crippen LogP contribution in [0.5, 0.6) is 0 Å². The molecule has 16 heavy (non-hydrogen) atoms. The SMILES string of the molecule is C[Si](C)(C)C(N=[N+]=[N-])([Si](C)(C)C)[Si](C)(C)C. The summed E-state index contributed by atoms with van der Waals surface area (Å²) < 4.78 is -0.0122. The Balaban J connectivity index is 6.15. The van der Waals surface area contributed by atoms with Crippen LogP contribution in [0.2, 0.25) is 58.9 Å². The molecule has 0 unspecified atom stereocenters. The summed E-state index contributed by atoms with van der Waals surface area (Å²) in [5.74, 6) is 0. The van der Waals surface area contributed by atoms with Crippen molar-refractivity contribution in [2.24, 2.45) is 5.11 Å². The molecule has 0 fully saturated rings. The highest BCUT2D eigenvalue weighted by atomic mass is 28.5. The maximum atomic E-state index is 9.02. The molecule has 0 aliphatic rings. The van der Waals surface area contributed by atoms with Crippen LogP contribution in [0.1, 0.15) is 0 Å². The van der Waals surface area contributed by atoms with Gasteiger partial charge in [-0.05, 0) is 5.53 Å². The Bertz CT molecular complexity index is 265. The first-order valence-corrected chi connectivity index (χ1v) is 16.4. The molecular weight excluding hydrogens is 246 g/mol. The standard InChI is InChI=1S/C10H27N3Si3/c1-14(2,3)10(12-13-11,15(4,5)6)16(7,8)9/h1-9H3. The minimum absolute atomic E-state index is 0.0122. The monoisotopic (exact) mass is 273 g/mol. The van der Waals surface area contributed by atoms with Gasteiger partial charge in [-0.25, -0.2) is 0 Å². The van der Waals surface area contributed by atoms with Gasteiger partial charge in [-0.1, -0.05) is 64.0 Å². The van der Waals surface area contributed by atoms with E-state index in [1.807, 2.05) is 0 Å². The fraction of sp³-hybridized carbons (Fsp3) is 1.00. The fourth-order valence-electron chi connectivity index (χ4n) is 3.89. The first-order valence-electron chi connectivity index (χ1n) is 5.87. The highest BCUT2D eigenvalue weighted by Crippen LogP contribution is 2.42. The van der Waals surface area contributed by atoms with Gasteiger partial charge >= 0.3 is 0 Å². The van der Waals surface area contributed by atoms with Crippen molar-refractivity contribution >= 4 is 24.2 Å². The number of azide groups is 1. The minimum atomic E-state index is -1.53. The Kier molecular flexibility index (Phi) is 4.32. The molecule has 0 radical (unpaired) electrons. The second-order valence-corrected chi connectivity index (χ2v) is 24.8. The molecule has 0 bridgehead atoms. The lowest BCUT2D eigenvalue weighted by molar-refractivity contribution is 0.955. The molecule has 0 atom stereocenters. The lowest BCUT2D eigenvalue weighted by atomic mass is 11.4. The van der Waals surface area contributed by atoms with Crippen LogP contribution in [-0.2, 0) is 0 Å². The van der Waals surface area contributed by atoms with Gasteiger partial charge in [-0.3, -0.25) is 0 Å². The van der Waals surface area contributed by atoms with E-state index in [-0.39, 0.29) is 4.41 Å². The molecule has 0 aromatic rings. The van der Waals surface area contributed by atoms with E-state index in [1.165, 1.54) is 0 Å². The molecule has 0 aliphatic heterocycles. The molecule has 0 aliphatic carbocycles. The molecule has 0 saturated heterocycles. The lowest BCUT2D eigenvalue weighted by Crippen LogP contribution is -2.76. The molecule has 0 rings (SSSR count). The molecule has 0 spiro atoms. The summed E-state index contributed by atoms with van der Waals surface area (Å²) in [6, 6.07) is 0. The third-order valence-electron chi connectivity index (χ3n) is 3.45. The van der Waals surface area contributed by atoms with Crippen LogP contribution in [0.3, 0.4) is 0 Å². The maximum absolute atomic E-state index is 9.02. The molecule has 3 nitrogen and oxygen atoms in total. The summed E-state index contributed by atoms with van der Waals surface area (Å²) in [6.07, 6.45) is 0. The highest BCUT2D eigenvalue weighted by molar-refractivity contribution is 7.15. The van der Waals surface area contributed by atoms with E-state index >= 15 is 0 Å². The maximum Gasteiger partial charge on any atom is 0.0524 e. The first kappa shape index (κ1) is 16.0. The topological polar surface area (TPSA) is 48.8 Å². The third kappa shape index (κ3) is 2.45. The molecule has 0 heterocycles. The van der Waals surface area contributed by atoms with E-state index in [9.17, 15) is 0 Å². The van der Waals surface area contributed by atoms with Crippen LogP contribution in [-0.4, -0.2) is 28.6 Å². The molecule has 0 N–H and O–H groups in total. The Morgan fingerprint density at radius 1 is 0.750 bits per heavy atom. The summed E-state index contributed by atoms with van der Waals surface area (Å²) in [6.45, 7) is 21.2. The summed E-state index contributed by atoms with van der Waals surface area (Å²) >= 11 is 0. The number of nitrogens with zero attached hydrogens (tertiary/aromatic N) is 3. The van der Waals surface area contributed by atoms with E-state index in [1.54, 1.807) is 0 Å². The molecule has 6 heteroatoms. The summed E-state index contributed by atoms with van der Waals surface area (Å²) in [5, 5.41) is 4.44. The van der Waals surface area contributed by atoms with Gasteiger partial charge in [0.2, 0.25) is 0 Å². The Labute approximate surface area is 103 Å². The average molecular weight is 274 g/mol. The zero-order chi connectivity index (χ0) is 13.4. The largest absolute Gasteiger partial charge is 0.0961 e. The van der Waals surface area contributed by atoms with Crippen molar-refractivity contribution in [2.75, 3.05) is 0 Å². The summed E-state index contributed by atoms with van der Waals surface area (Å²) in [4.78, 5) is 3.24. The normalized spacial score (nSPS) is 14.6. The van der Waals surface area contributed by atoms with Crippen molar-refractivity contribution in [3.05, 3.63) is 10.4 Å². The van der Waals surface area contributed by atoms with Crippen molar-refractivity contribution in [2.45, 2.75) is 63.3 Å². The van der Waals surface area contributed by atoms with Gasteiger partial charge in [0, 0.05) is 9.32 Å². The quantitative estimate of drug-likeness (QED) is 0.309. The van der Waals surface area contributed by atoms with Crippen LogP contribution in [0.4, 0.5) is 0 Å². The van der Waals surface area contributed by atoms with Crippen LogP contribution in [0, 0.1) is 0 Å². The van der Waals surface area contributed by atoms with Crippen molar-refractivity contribution in [1.82, 2.24) is 0 Å². The lowest BCUT2D eigenvalue weighted by Gasteiger charge is -2.55. The molecule has 0 aromatic carbocycles. The molecular formula is C10H27N3Si3. The molecule has 94 valence electrons. The first-order chi connectivity index (χ1) is 6.81. The Morgan fingerprint density at radius 2 is 1.00 bits per heavy atom. The number of rotatable bonds is 4. The van der Waals surface area contributed by atoms with Crippen molar-refractivity contribution in [3.8, 4) is 0 Å². The summed E-state index contributed by atoms with van der Waals surface area (Å²) in [7, 11) is -4.58. The highest BCUT2D eigenvalue weighted by Gasteiger charge is 2.59. The van der Waals surface area contributed by atoms with Crippen molar-refractivity contribution in [1.29, 1.82) is 0 Å². The van der Waals surface area contributed by atoms with Crippen molar-refractivity contribution in [3.63, 3.8) is 0 Å². The van der Waals surface area contributed by atoms with Gasteiger partial charge in [0.05, 0.1) is 24.2 Å². The van der Waals surface area contributed by atoms with E-state index < -0.39 is 24.2 Å². The second kappa shape index (κ2) is 4.33. The minimum Gasteiger partial charge on any atom is -0.0961 e.